The maximum Gasteiger partial charge on any atom is 0.264 e. The summed E-state index contributed by atoms with van der Waals surface area (Å²) in [5.41, 5.74) is 7.49. The van der Waals surface area contributed by atoms with E-state index in [-0.39, 0.29) is 23.0 Å². The van der Waals surface area contributed by atoms with Crippen molar-refractivity contribution in [2.45, 2.75) is 19.9 Å². The van der Waals surface area contributed by atoms with Gasteiger partial charge in [0.05, 0.1) is 24.2 Å². The van der Waals surface area contributed by atoms with Crippen molar-refractivity contribution in [3.05, 3.63) is 64.2 Å². The lowest BCUT2D eigenvalue weighted by atomic mass is 10.0. The first-order chi connectivity index (χ1) is 16.3. The molecule has 0 saturated carbocycles. The fraction of sp³-hybridized carbons (Fsp3) is 0.190. The van der Waals surface area contributed by atoms with E-state index in [9.17, 15) is 9.18 Å². The molecule has 1 atom stereocenters. The minimum Gasteiger partial charge on any atom is -0.383 e. The van der Waals surface area contributed by atoms with Gasteiger partial charge in [-0.05, 0) is 36.1 Å². The van der Waals surface area contributed by atoms with Crippen molar-refractivity contribution in [1.82, 2.24) is 44.9 Å². The van der Waals surface area contributed by atoms with Gasteiger partial charge in [-0.15, -0.1) is 10.2 Å². The first kappa shape index (κ1) is 21.2. The Morgan fingerprint density at radius 3 is 2.76 bits per heavy atom. The van der Waals surface area contributed by atoms with E-state index in [1.807, 2.05) is 38.1 Å². The Balaban J connectivity index is 1.67. The minimum absolute atomic E-state index is 0.134. The van der Waals surface area contributed by atoms with Crippen molar-refractivity contribution in [1.29, 1.82) is 0 Å². The Labute approximate surface area is 191 Å². The van der Waals surface area contributed by atoms with Gasteiger partial charge in [0.1, 0.15) is 23.5 Å². The average Bonchev–Trinajstić information content (AvgIpc) is 3.41. The van der Waals surface area contributed by atoms with Crippen LogP contribution in [0.3, 0.4) is 0 Å². The van der Waals surface area contributed by atoms with Crippen LogP contribution in [0, 0.1) is 12.9 Å². The molecule has 0 spiro atoms. The number of aryl methyl sites for hydroxylation is 2. The van der Waals surface area contributed by atoms with E-state index in [1.54, 1.807) is 7.05 Å². The quantitative estimate of drug-likeness (QED) is 0.355. The minimum atomic E-state index is -0.655. The molecule has 4 aromatic heterocycles. The molecular weight excluding hydrogens is 441 g/mol. The number of aromatic amines is 1. The summed E-state index contributed by atoms with van der Waals surface area (Å²) in [4.78, 5) is 23.2. The van der Waals surface area contributed by atoms with Crippen LogP contribution in [0.15, 0.2) is 41.5 Å². The molecule has 0 aliphatic rings. The number of rotatable bonds is 5. The Bertz CT molecular complexity index is 1590. The molecule has 12 nitrogen and oxygen atoms in total. The van der Waals surface area contributed by atoms with Gasteiger partial charge in [0.2, 0.25) is 11.8 Å². The zero-order valence-electron chi connectivity index (χ0n) is 18.5. The molecule has 5 aromatic rings. The van der Waals surface area contributed by atoms with Crippen molar-refractivity contribution >= 4 is 22.4 Å². The summed E-state index contributed by atoms with van der Waals surface area (Å²) in [6.45, 7) is 3.69. The van der Waals surface area contributed by atoms with Crippen LogP contribution in [0.4, 0.5) is 16.0 Å². The van der Waals surface area contributed by atoms with Crippen molar-refractivity contribution in [2.24, 2.45) is 7.05 Å². The number of H-pyrrole nitrogens is 1. The molecule has 0 radical (unpaired) electrons. The highest BCUT2D eigenvalue weighted by Gasteiger charge is 2.22. The zero-order chi connectivity index (χ0) is 24.0. The smallest absolute Gasteiger partial charge is 0.264 e. The van der Waals surface area contributed by atoms with E-state index in [1.165, 1.54) is 21.8 Å². The third-order valence-corrected chi connectivity index (χ3v) is 5.45. The highest BCUT2D eigenvalue weighted by Crippen LogP contribution is 2.31. The number of pyridine rings is 1. The molecule has 4 heterocycles. The third-order valence-electron chi connectivity index (χ3n) is 5.45. The molecule has 0 amide bonds. The molecule has 4 N–H and O–H groups in total. The number of benzene rings is 1. The Morgan fingerprint density at radius 1 is 1.24 bits per heavy atom. The lowest BCUT2D eigenvalue weighted by Crippen LogP contribution is -2.26. The maximum absolute atomic E-state index is 13.8. The number of hydrogen-bond donors (Lipinski definition) is 3. The molecule has 0 aliphatic carbocycles. The van der Waals surface area contributed by atoms with Gasteiger partial charge in [0.25, 0.3) is 5.56 Å². The molecule has 0 bridgehead atoms. The fourth-order valence-corrected chi connectivity index (χ4v) is 3.91. The largest absolute Gasteiger partial charge is 0.383 e. The second kappa shape index (κ2) is 8.03. The van der Waals surface area contributed by atoms with Gasteiger partial charge in [-0.2, -0.15) is 14.3 Å². The van der Waals surface area contributed by atoms with Crippen molar-refractivity contribution < 1.29 is 4.39 Å². The predicted octanol–water partition coefficient (Wildman–Crippen LogP) is 1.90. The summed E-state index contributed by atoms with van der Waals surface area (Å²) in [7, 11) is 1.63. The molecule has 34 heavy (non-hydrogen) atoms. The Kier molecular flexibility index (Phi) is 5.00. The van der Waals surface area contributed by atoms with Gasteiger partial charge in [-0.3, -0.25) is 14.5 Å². The second-order valence-electron chi connectivity index (χ2n) is 7.77. The Hall–Kier alpha value is -4.68. The fourth-order valence-electron chi connectivity index (χ4n) is 3.91. The van der Waals surface area contributed by atoms with Crippen LogP contribution in [0.25, 0.3) is 28.0 Å². The van der Waals surface area contributed by atoms with Crippen LogP contribution in [0.1, 0.15) is 24.2 Å². The zero-order valence-corrected chi connectivity index (χ0v) is 18.5. The monoisotopic (exact) mass is 461 g/mol. The predicted molar refractivity (Wildman–Crippen MR) is 123 cm³/mol. The number of hydrogen-bond acceptors (Lipinski definition) is 9. The summed E-state index contributed by atoms with van der Waals surface area (Å²) >= 11 is 0. The number of anilines is 2. The van der Waals surface area contributed by atoms with Crippen LogP contribution in [-0.4, -0.2) is 44.9 Å². The molecule has 13 heteroatoms. The lowest BCUT2D eigenvalue weighted by molar-refractivity contribution is 0.579. The highest BCUT2D eigenvalue weighted by atomic mass is 19.1. The van der Waals surface area contributed by atoms with Crippen LogP contribution < -0.4 is 16.6 Å². The molecule has 172 valence electrons. The molecule has 0 saturated heterocycles. The number of aromatic nitrogens is 9. The number of nitrogens with two attached hydrogens (primary N) is 1. The molecule has 1 unspecified atom stereocenters. The number of nitrogens with one attached hydrogen (secondary N) is 2. The SMILES string of the molecule is Cc1cccc2cc(C(C)Nc3ncnc(N)c3-c3nnn(C)n3)n(-c3cc(F)[nH]n3)c(=O)c12. The van der Waals surface area contributed by atoms with E-state index in [2.05, 4.69) is 40.9 Å². The maximum atomic E-state index is 13.8. The standard InChI is InChI=1S/C21H20FN11O/c1-10-5-4-6-12-7-13(33(21(34)16(10)12)15-8-14(22)27-28-15)11(2)26-19-17(18(23)24-9-25-19)20-29-31-32(3)30-20/h4-9,11H,1-3H3,(H,27,28)(H3,23,24,25,26). The van der Waals surface area contributed by atoms with Crippen LogP contribution in [0.5, 0.6) is 0 Å². The summed E-state index contributed by atoms with van der Waals surface area (Å²) in [5.74, 6) is 0.242. The summed E-state index contributed by atoms with van der Waals surface area (Å²) in [6, 6.07) is 8.11. The number of nitrogens with zero attached hydrogens (tertiary/aromatic N) is 8. The van der Waals surface area contributed by atoms with Gasteiger partial charge < -0.3 is 11.1 Å². The van der Waals surface area contributed by atoms with E-state index in [0.29, 0.717) is 22.5 Å². The number of halogens is 1. The first-order valence-electron chi connectivity index (χ1n) is 10.3. The molecular formula is C21H20FN11O. The normalized spacial score (nSPS) is 12.2. The van der Waals surface area contributed by atoms with E-state index < -0.39 is 12.0 Å². The lowest BCUT2D eigenvalue weighted by Gasteiger charge is -2.21. The molecule has 5 rings (SSSR count). The third kappa shape index (κ3) is 3.52. The van der Waals surface area contributed by atoms with Crippen molar-refractivity contribution in [3.8, 4) is 17.2 Å². The van der Waals surface area contributed by atoms with Crippen LogP contribution in [-0.2, 0) is 7.05 Å². The number of nitrogen functional groups attached to an aromatic ring is 1. The van der Waals surface area contributed by atoms with E-state index >= 15 is 0 Å². The number of fused-ring (bicyclic) bond motifs is 1. The average molecular weight is 461 g/mol. The van der Waals surface area contributed by atoms with E-state index in [4.69, 9.17) is 5.73 Å². The summed E-state index contributed by atoms with van der Waals surface area (Å²) in [6.07, 6.45) is 1.31. The van der Waals surface area contributed by atoms with Gasteiger partial charge in [0.15, 0.2) is 5.82 Å². The van der Waals surface area contributed by atoms with Gasteiger partial charge in [0, 0.05) is 6.07 Å². The Morgan fingerprint density at radius 2 is 2.06 bits per heavy atom. The van der Waals surface area contributed by atoms with Gasteiger partial charge in [-0.1, -0.05) is 18.2 Å². The summed E-state index contributed by atoms with van der Waals surface area (Å²) < 4.78 is 15.2. The molecule has 0 aliphatic heterocycles. The van der Waals surface area contributed by atoms with Gasteiger partial charge >= 0.3 is 0 Å². The molecule has 1 aromatic carbocycles. The topological polar surface area (TPSA) is 158 Å². The van der Waals surface area contributed by atoms with E-state index in [0.717, 1.165) is 10.9 Å². The molecule has 0 fully saturated rings. The first-order valence-corrected chi connectivity index (χ1v) is 10.3. The van der Waals surface area contributed by atoms with Crippen LogP contribution >= 0.6 is 0 Å². The number of tetrazole rings is 1. The van der Waals surface area contributed by atoms with Crippen molar-refractivity contribution in [3.63, 3.8) is 0 Å². The van der Waals surface area contributed by atoms with Crippen LogP contribution in [0.2, 0.25) is 0 Å². The second-order valence-corrected chi connectivity index (χ2v) is 7.77. The highest BCUT2D eigenvalue weighted by molar-refractivity contribution is 5.86. The van der Waals surface area contributed by atoms with Crippen molar-refractivity contribution in [2.75, 3.05) is 11.1 Å². The van der Waals surface area contributed by atoms with Gasteiger partial charge in [-0.25, -0.2) is 9.97 Å². The summed E-state index contributed by atoms with van der Waals surface area (Å²) in [5, 5.41) is 22.8.